The van der Waals surface area contributed by atoms with E-state index < -0.39 is 0 Å². The fourth-order valence-corrected chi connectivity index (χ4v) is 1.72. The van der Waals surface area contributed by atoms with Gasteiger partial charge in [-0.3, -0.25) is 0 Å². The van der Waals surface area contributed by atoms with E-state index in [-0.39, 0.29) is 6.03 Å². The third-order valence-electron chi connectivity index (χ3n) is 2.45. The normalized spacial score (nSPS) is 29.5. The maximum absolute atomic E-state index is 11.1. The Kier molecular flexibility index (Phi) is 2.17. The highest BCUT2D eigenvalue weighted by Crippen LogP contribution is 2.14. The summed E-state index contributed by atoms with van der Waals surface area (Å²) in [7, 11) is 0. The molecular formula is C8H14N2O2. The monoisotopic (exact) mass is 170 g/mol. The highest BCUT2D eigenvalue weighted by molar-refractivity contribution is 5.76. The molecule has 2 aliphatic heterocycles. The second-order valence-corrected chi connectivity index (χ2v) is 3.41. The van der Waals surface area contributed by atoms with Gasteiger partial charge in [-0.05, 0) is 6.42 Å². The number of amides is 2. The molecule has 2 fully saturated rings. The van der Waals surface area contributed by atoms with Crippen LogP contribution in [0.4, 0.5) is 4.79 Å². The fraction of sp³-hybridized carbons (Fsp3) is 0.875. The number of hydrogen-bond donors (Lipinski definition) is 1. The van der Waals surface area contributed by atoms with Crippen LogP contribution in [0.15, 0.2) is 0 Å². The molecule has 1 unspecified atom stereocenters. The van der Waals surface area contributed by atoms with E-state index >= 15 is 0 Å². The largest absolute Gasteiger partial charge is 0.381 e. The lowest BCUT2D eigenvalue weighted by molar-refractivity contribution is 0.173. The molecule has 4 heteroatoms. The molecule has 2 aliphatic rings. The Morgan fingerprint density at radius 3 is 3.17 bits per heavy atom. The van der Waals surface area contributed by atoms with Crippen LogP contribution in [0.5, 0.6) is 0 Å². The summed E-state index contributed by atoms with van der Waals surface area (Å²) in [5, 5.41) is 2.79. The van der Waals surface area contributed by atoms with Crippen LogP contribution in [0.2, 0.25) is 0 Å². The average Bonchev–Trinajstić information content (AvgIpc) is 2.65. The molecule has 12 heavy (non-hydrogen) atoms. The van der Waals surface area contributed by atoms with E-state index in [2.05, 4.69) is 5.32 Å². The Bertz CT molecular complexity index is 178. The summed E-state index contributed by atoms with van der Waals surface area (Å²) < 4.78 is 5.24. The van der Waals surface area contributed by atoms with Crippen LogP contribution in [-0.4, -0.2) is 43.8 Å². The summed E-state index contributed by atoms with van der Waals surface area (Å²) in [6.07, 6.45) is 1.10. The summed E-state index contributed by atoms with van der Waals surface area (Å²) in [6, 6.07) is 0.0851. The van der Waals surface area contributed by atoms with Crippen molar-refractivity contribution in [3.05, 3.63) is 0 Å². The molecular weight excluding hydrogens is 156 g/mol. The fourth-order valence-electron chi connectivity index (χ4n) is 1.72. The van der Waals surface area contributed by atoms with E-state index in [0.717, 1.165) is 39.3 Å². The molecule has 2 saturated heterocycles. The van der Waals surface area contributed by atoms with Gasteiger partial charge in [0.05, 0.1) is 6.61 Å². The Morgan fingerprint density at radius 2 is 2.58 bits per heavy atom. The summed E-state index contributed by atoms with van der Waals surface area (Å²) in [6.45, 7) is 4.21. The lowest BCUT2D eigenvalue weighted by atomic mass is 10.1. The van der Waals surface area contributed by atoms with E-state index in [1.54, 1.807) is 0 Å². The van der Waals surface area contributed by atoms with Crippen molar-refractivity contribution < 1.29 is 9.53 Å². The van der Waals surface area contributed by atoms with Gasteiger partial charge in [0, 0.05) is 32.2 Å². The summed E-state index contributed by atoms with van der Waals surface area (Å²) in [5.74, 6) is 0.564. The van der Waals surface area contributed by atoms with E-state index in [9.17, 15) is 4.79 Å². The van der Waals surface area contributed by atoms with Crippen molar-refractivity contribution in [3.63, 3.8) is 0 Å². The highest BCUT2D eigenvalue weighted by atomic mass is 16.5. The van der Waals surface area contributed by atoms with Gasteiger partial charge in [0.2, 0.25) is 0 Å². The van der Waals surface area contributed by atoms with Crippen LogP contribution in [0.3, 0.4) is 0 Å². The van der Waals surface area contributed by atoms with Crippen LogP contribution >= 0.6 is 0 Å². The molecule has 68 valence electrons. The van der Waals surface area contributed by atoms with Crippen molar-refractivity contribution in [1.29, 1.82) is 0 Å². The SMILES string of the molecule is O=C1NCCN1CC1CCOC1. The number of carbonyl (C=O) groups is 1. The minimum Gasteiger partial charge on any atom is -0.381 e. The quantitative estimate of drug-likeness (QED) is 0.636. The summed E-state index contributed by atoms with van der Waals surface area (Å²) in [4.78, 5) is 13.0. The molecule has 0 bridgehead atoms. The lowest BCUT2D eigenvalue weighted by Crippen LogP contribution is -2.32. The third kappa shape index (κ3) is 1.53. The average molecular weight is 170 g/mol. The predicted octanol–water partition coefficient (Wildman–Crippen LogP) is 0.0481. The molecule has 0 spiro atoms. The smallest absolute Gasteiger partial charge is 0.317 e. The first-order valence-corrected chi connectivity index (χ1v) is 4.47. The Hall–Kier alpha value is -0.770. The molecule has 0 aliphatic carbocycles. The van der Waals surface area contributed by atoms with Crippen molar-refractivity contribution in [1.82, 2.24) is 10.2 Å². The highest BCUT2D eigenvalue weighted by Gasteiger charge is 2.24. The lowest BCUT2D eigenvalue weighted by Gasteiger charge is -2.17. The molecule has 0 aromatic rings. The number of ether oxygens (including phenoxy) is 1. The number of nitrogens with one attached hydrogen (secondary N) is 1. The second-order valence-electron chi connectivity index (χ2n) is 3.41. The van der Waals surface area contributed by atoms with Crippen LogP contribution in [0, 0.1) is 5.92 Å². The molecule has 2 amide bonds. The first-order chi connectivity index (χ1) is 5.86. The van der Waals surface area contributed by atoms with Gasteiger partial charge in [-0.15, -0.1) is 0 Å². The Balaban J connectivity index is 1.81. The van der Waals surface area contributed by atoms with Gasteiger partial charge in [0.15, 0.2) is 0 Å². The van der Waals surface area contributed by atoms with Gasteiger partial charge in [-0.2, -0.15) is 0 Å². The van der Waals surface area contributed by atoms with Crippen molar-refractivity contribution in [2.24, 2.45) is 5.92 Å². The molecule has 0 aromatic heterocycles. The van der Waals surface area contributed by atoms with Crippen molar-refractivity contribution in [3.8, 4) is 0 Å². The van der Waals surface area contributed by atoms with E-state index in [4.69, 9.17) is 4.74 Å². The van der Waals surface area contributed by atoms with E-state index in [1.165, 1.54) is 0 Å². The topological polar surface area (TPSA) is 41.6 Å². The molecule has 2 rings (SSSR count). The molecule has 1 N–H and O–H groups in total. The maximum atomic E-state index is 11.1. The molecule has 2 heterocycles. The van der Waals surface area contributed by atoms with Gasteiger partial charge in [0.1, 0.15) is 0 Å². The van der Waals surface area contributed by atoms with Gasteiger partial charge >= 0.3 is 6.03 Å². The first-order valence-electron chi connectivity index (χ1n) is 4.47. The van der Waals surface area contributed by atoms with Gasteiger partial charge in [0.25, 0.3) is 0 Å². The maximum Gasteiger partial charge on any atom is 0.317 e. The summed E-state index contributed by atoms with van der Waals surface area (Å²) >= 11 is 0. The van der Waals surface area contributed by atoms with E-state index in [0.29, 0.717) is 5.92 Å². The van der Waals surface area contributed by atoms with Crippen molar-refractivity contribution >= 4 is 6.03 Å². The second kappa shape index (κ2) is 3.31. The Morgan fingerprint density at radius 1 is 1.67 bits per heavy atom. The molecule has 0 saturated carbocycles. The zero-order valence-corrected chi connectivity index (χ0v) is 7.08. The van der Waals surface area contributed by atoms with Crippen LogP contribution in [0.1, 0.15) is 6.42 Å². The van der Waals surface area contributed by atoms with Gasteiger partial charge in [-0.25, -0.2) is 4.79 Å². The number of carbonyl (C=O) groups excluding carboxylic acids is 1. The van der Waals surface area contributed by atoms with Gasteiger partial charge < -0.3 is 15.0 Å². The molecule has 0 radical (unpaired) electrons. The summed E-state index contributed by atoms with van der Waals surface area (Å²) in [5.41, 5.74) is 0. The number of urea groups is 1. The molecule has 4 nitrogen and oxygen atoms in total. The van der Waals surface area contributed by atoms with Crippen LogP contribution in [-0.2, 0) is 4.74 Å². The zero-order chi connectivity index (χ0) is 8.39. The number of nitrogens with zero attached hydrogens (tertiary/aromatic N) is 1. The third-order valence-corrected chi connectivity index (χ3v) is 2.45. The van der Waals surface area contributed by atoms with Gasteiger partial charge in [-0.1, -0.05) is 0 Å². The van der Waals surface area contributed by atoms with Crippen molar-refractivity contribution in [2.45, 2.75) is 6.42 Å². The minimum absolute atomic E-state index is 0.0851. The zero-order valence-electron chi connectivity index (χ0n) is 7.08. The number of hydrogen-bond acceptors (Lipinski definition) is 2. The predicted molar refractivity (Wildman–Crippen MR) is 43.9 cm³/mol. The Labute approximate surface area is 71.9 Å². The minimum atomic E-state index is 0.0851. The first kappa shape index (κ1) is 7.86. The van der Waals surface area contributed by atoms with Crippen LogP contribution < -0.4 is 5.32 Å². The molecule has 0 aromatic carbocycles. The van der Waals surface area contributed by atoms with E-state index in [1.807, 2.05) is 4.90 Å². The van der Waals surface area contributed by atoms with Crippen LogP contribution in [0.25, 0.3) is 0 Å². The molecule has 1 atom stereocenters. The number of rotatable bonds is 2. The van der Waals surface area contributed by atoms with Crippen molar-refractivity contribution in [2.75, 3.05) is 32.8 Å². The standard InChI is InChI=1S/C8H14N2O2/c11-8-9-2-3-10(8)5-7-1-4-12-6-7/h7H,1-6H2,(H,9,11).